The SMILES string of the molecule is N[C@@H]1CC2CCC1C2. The van der Waals surface area contributed by atoms with Gasteiger partial charge in [-0.05, 0) is 31.1 Å². The highest BCUT2D eigenvalue weighted by Gasteiger charge is 2.36. The first-order valence-corrected chi connectivity index (χ1v) is 3.62. The number of hydrogen-bond donors (Lipinski definition) is 1. The summed E-state index contributed by atoms with van der Waals surface area (Å²) >= 11 is 0. The predicted octanol–water partition coefficient (Wildman–Crippen LogP) is 1.13. The summed E-state index contributed by atoms with van der Waals surface area (Å²) in [5.74, 6) is 1.94. The Bertz CT molecular complexity index is 98.6. The van der Waals surface area contributed by atoms with Crippen molar-refractivity contribution in [3.05, 3.63) is 0 Å². The van der Waals surface area contributed by atoms with Crippen molar-refractivity contribution in [3.8, 4) is 0 Å². The maximum atomic E-state index is 5.82. The molecule has 3 atom stereocenters. The average Bonchev–Trinajstić information content (AvgIpc) is 2.23. The molecule has 8 heavy (non-hydrogen) atoms. The molecule has 0 heterocycles. The van der Waals surface area contributed by atoms with E-state index in [-0.39, 0.29) is 0 Å². The zero-order chi connectivity index (χ0) is 5.56. The molecule has 2 N–H and O–H groups in total. The molecular weight excluding hydrogens is 98.1 g/mol. The third-order valence-corrected chi connectivity index (χ3v) is 2.79. The van der Waals surface area contributed by atoms with Gasteiger partial charge in [0, 0.05) is 6.04 Å². The Labute approximate surface area is 50.3 Å². The quantitative estimate of drug-likeness (QED) is 0.498. The first kappa shape index (κ1) is 4.80. The second kappa shape index (κ2) is 1.47. The molecule has 2 rings (SSSR count). The highest BCUT2D eigenvalue weighted by atomic mass is 14.7. The molecule has 2 saturated carbocycles. The fraction of sp³-hybridized carbons (Fsp3) is 1.00. The second-order valence-corrected chi connectivity index (χ2v) is 3.34. The van der Waals surface area contributed by atoms with Gasteiger partial charge < -0.3 is 5.73 Å². The summed E-state index contributed by atoms with van der Waals surface area (Å²) in [7, 11) is 0. The largest absolute Gasteiger partial charge is 0.327 e. The summed E-state index contributed by atoms with van der Waals surface area (Å²) in [6, 6.07) is 0.578. The lowest BCUT2D eigenvalue weighted by Crippen LogP contribution is -2.26. The van der Waals surface area contributed by atoms with E-state index in [0.29, 0.717) is 6.04 Å². The lowest BCUT2D eigenvalue weighted by atomic mass is 9.96. The molecule has 0 amide bonds. The van der Waals surface area contributed by atoms with Crippen molar-refractivity contribution in [2.45, 2.75) is 31.7 Å². The molecule has 2 bridgehead atoms. The van der Waals surface area contributed by atoms with Crippen molar-refractivity contribution in [1.29, 1.82) is 0 Å². The molecule has 0 spiro atoms. The van der Waals surface area contributed by atoms with E-state index >= 15 is 0 Å². The Balaban J connectivity index is 2.11. The number of hydrogen-bond acceptors (Lipinski definition) is 1. The minimum Gasteiger partial charge on any atom is -0.327 e. The molecule has 2 aliphatic rings. The fourth-order valence-electron chi connectivity index (χ4n) is 2.29. The van der Waals surface area contributed by atoms with Crippen molar-refractivity contribution in [1.82, 2.24) is 0 Å². The smallest absolute Gasteiger partial charge is 0.00699 e. The minimum absolute atomic E-state index is 0.578. The van der Waals surface area contributed by atoms with E-state index in [0.717, 1.165) is 11.8 Å². The van der Waals surface area contributed by atoms with Crippen molar-refractivity contribution in [3.63, 3.8) is 0 Å². The first-order chi connectivity index (χ1) is 3.86. The fourth-order valence-corrected chi connectivity index (χ4v) is 2.29. The third-order valence-electron chi connectivity index (χ3n) is 2.79. The van der Waals surface area contributed by atoms with E-state index < -0.39 is 0 Å². The molecule has 2 aliphatic carbocycles. The monoisotopic (exact) mass is 111 g/mol. The van der Waals surface area contributed by atoms with Crippen LogP contribution in [0, 0.1) is 11.8 Å². The van der Waals surface area contributed by atoms with Gasteiger partial charge in [-0.1, -0.05) is 6.42 Å². The molecule has 0 radical (unpaired) electrons. The zero-order valence-electron chi connectivity index (χ0n) is 5.14. The van der Waals surface area contributed by atoms with Gasteiger partial charge in [-0.25, -0.2) is 0 Å². The lowest BCUT2D eigenvalue weighted by molar-refractivity contribution is 0.418. The van der Waals surface area contributed by atoms with E-state index in [9.17, 15) is 0 Å². The van der Waals surface area contributed by atoms with Crippen LogP contribution in [-0.4, -0.2) is 6.04 Å². The van der Waals surface area contributed by atoms with Crippen molar-refractivity contribution in [2.75, 3.05) is 0 Å². The molecular formula is C7H13N. The van der Waals surface area contributed by atoms with Crippen molar-refractivity contribution < 1.29 is 0 Å². The number of rotatable bonds is 0. The van der Waals surface area contributed by atoms with Crippen molar-refractivity contribution in [2.24, 2.45) is 17.6 Å². The molecule has 0 saturated heterocycles. The van der Waals surface area contributed by atoms with E-state index in [1.54, 1.807) is 0 Å². The molecule has 1 heteroatoms. The standard InChI is InChI=1S/C7H13N/c8-7-4-5-1-2-6(7)3-5/h5-7H,1-4,8H2/t5?,6?,7-/m1/s1. The molecule has 0 aromatic heterocycles. The lowest BCUT2D eigenvalue weighted by Gasteiger charge is -2.15. The van der Waals surface area contributed by atoms with Gasteiger partial charge in [0.25, 0.3) is 0 Å². The second-order valence-electron chi connectivity index (χ2n) is 3.34. The normalized spacial score (nSPS) is 52.9. The Hall–Kier alpha value is -0.0400. The molecule has 2 fully saturated rings. The topological polar surface area (TPSA) is 26.0 Å². The molecule has 46 valence electrons. The van der Waals surface area contributed by atoms with Crippen LogP contribution in [0.5, 0.6) is 0 Å². The summed E-state index contributed by atoms with van der Waals surface area (Å²) in [4.78, 5) is 0. The van der Waals surface area contributed by atoms with Crippen LogP contribution >= 0.6 is 0 Å². The van der Waals surface area contributed by atoms with Crippen molar-refractivity contribution >= 4 is 0 Å². The van der Waals surface area contributed by atoms with Gasteiger partial charge in [-0.2, -0.15) is 0 Å². The molecule has 2 unspecified atom stereocenters. The molecule has 0 aliphatic heterocycles. The van der Waals surface area contributed by atoms with Gasteiger partial charge in [0.2, 0.25) is 0 Å². The maximum absolute atomic E-state index is 5.82. The molecule has 0 aromatic rings. The van der Waals surface area contributed by atoms with E-state index in [1.165, 1.54) is 25.7 Å². The van der Waals surface area contributed by atoms with Crippen LogP contribution in [0.25, 0.3) is 0 Å². The van der Waals surface area contributed by atoms with E-state index in [4.69, 9.17) is 5.73 Å². The summed E-state index contributed by atoms with van der Waals surface area (Å²) in [5.41, 5.74) is 5.82. The highest BCUT2D eigenvalue weighted by Crippen LogP contribution is 2.43. The molecule has 1 nitrogen and oxygen atoms in total. The summed E-state index contributed by atoms with van der Waals surface area (Å²) in [6.45, 7) is 0. The Morgan fingerprint density at radius 1 is 1.12 bits per heavy atom. The third kappa shape index (κ3) is 0.510. The summed E-state index contributed by atoms with van der Waals surface area (Å²) in [6.07, 6.45) is 5.66. The van der Waals surface area contributed by atoms with E-state index in [2.05, 4.69) is 0 Å². The van der Waals surface area contributed by atoms with Crippen LogP contribution in [0.4, 0.5) is 0 Å². The van der Waals surface area contributed by atoms with E-state index in [1.807, 2.05) is 0 Å². The van der Waals surface area contributed by atoms with Crippen LogP contribution in [-0.2, 0) is 0 Å². The summed E-state index contributed by atoms with van der Waals surface area (Å²) in [5, 5.41) is 0. The van der Waals surface area contributed by atoms with Crippen LogP contribution in [0.2, 0.25) is 0 Å². The zero-order valence-corrected chi connectivity index (χ0v) is 5.14. The summed E-state index contributed by atoms with van der Waals surface area (Å²) < 4.78 is 0. The van der Waals surface area contributed by atoms with Gasteiger partial charge in [-0.3, -0.25) is 0 Å². The van der Waals surface area contributed by atoms with Gasteiger partial charge in [0.1, 0.15) is 0 Å². The minimum atomic E-state index is 0.578. The van der Waals surface area contributed by atoms with Crippen LogP contribution in [0.3, 0.4) is 0 Å². The Kier molecular flexibility index (Phi) is 0.884. The number of nitrogens with two attached hydrogens (primary N) is 1. The van der Waals surface area contributed by atoms with Gasteiger partial charge >= 0.3 is 0 Å². The Morgan fingerprint density at radius 3 is 2.25 bits per heavy atom. The molecule has 0 aromatic carbocycles. The highest BCUT2D eigenvalue weighted by molar-refractivity contribution is 4.91. The Morgan fingerprint density at radius 2 is 2.00 bits per heavy atom. The maximum Gasteiger partial charge on any atom is 0.00699 e. The van der Waals surface area contributed by atoms with Crippen LogP contribution in [0.15, 0.2) is 0 Å². The first-order valence-electron chi connectivity index (χ1n) is 3.62. The van der Waals surface area contributed by atoms with Gasteiger partial charge in [-0.15, -0.1) is 0 Å². The number of fused-ring (bicyclic) bond motifs is 2. The predicted molar refractivity (Wildman–Crippen MR) is 33.4 cm³/mol. The van der Waals surface area contributed by atoms with Gasteiger partial charge in [0.15, 0.2) is 0 Å². The average molecular weight is 111 g/mol. The van der Waals surface area contributed by atoms with Gasteiger partial charge in [0.05, 0.1) is 0 Å². The van der Waals surface area contributed by atoms with Crippen LogP contribution < -0.4 is 5.73 Å². The van der Waals surface area contributed by atoms with Crippen LogP contribution in [0.1, 0.15) is 25.7 Å².